The molecule has 110 valence electrons. The fourth-order valence-electron chi connectivity index (χ4n) is 3.63. The lowest BCUT2D eigenvalue weighted by Crippen LogP contribution is -2.47. The molecule has 0 aromatic rings. The van der Waals surface area contributed by atoms with Gasteiger partial charge in [-0.25, -0.2) is 0 Å². The van der Waals surface area contributed by atoms with Gasteiger partial charge in [0.2, 0.25) is 5.91 Å². The van der Waals surface area contributed by atoms with Crippen LogP contribution in [0.15, 0.2) is 0 Å². The van der Waals surface area contributed by atoms with E-state index in [1.807, 2.05) is 0 Å². The third-order valence-electron chi connectivity index (χ3n) is 4.85. The molecule has 1 aliphatic heterocycles. The maximum atomic E-state index is 12.4. The van der Waals surface area contributed by atoms with Crippen LogP contribution in [0.25, 0.3) is 0 Å². The van der Waals surface area contributed by atoms with Crippen molar-refractivity contribution in [2.75, 3.05) is 26.2 Å². The van der Waals surface area contributed by atoms with Crippen molar-refractivity contribution in [3.63, 3.8) is 0 Å². The lowest BCUT2D eigenvalue weighted by Gasteiger charge is -2.36. The summed E-state index contributed by atoms with van der Waals surface area (Å²) in [5.74, 6) is 1.04. The minimum atomic E-state index is 0.360. The number of likely N-dealkylation sites (tertiary alicyclic amines) is 1. The van der Waals surface area contributed by atoms with E-state index in [-0.39, 0.29) is 0 Å². The van der Waals surface area contributed by atoms with Crippen LogP contribution in [0.3, 0.4) is 0 Å². The molecule has 0 N–H and O–H groups in total. The van der Waals surface area contributed by atoms with E-state index >= 15 is 0 Å². The Morgan fingerprint density at radius 3 is 2.53 bits per heavy atom. The lowest BCUT2D eigenvalue weighted by molar-refractivity contribution is -0.134. The molecule has 1 saturated carbocycles. The standard InChI is InChI=1S/C16H30N2O/c1-3-17(15-9-5-4-6-10-15)13-16(19)18-11-7-8-14(2)12-18/h14-15H,3-13H2,1-2H3. The second kappa shape index (κ2) is 7.28. The summed E-state index contributed by atoms with van der Waals surface area (Å²) >= 11 is 0. The van der Waals surface area contributed by atoms with Gasteiger partial charge < -0.3 is 4.90 Å². The molecule has 2 rings (SSSR count). The van der Waals surface area contributed by atoms with E-state index in [4.69, 9.17) is 0 Å². The van der Waals surface area contributed by atoms with Crippen molar-refractivity contribution < 1.29 is 4.79 Å². The van der Waals surface area contributed by atoms with Gasteiger partial charge >= 0.3 is 0 Å². The van der Waals surface area contributed by atoms with Gasteiger partial charge in [-0.15, -0.1) is 0 Å². The Morgan fingerprint density at radius 1 is 1.16 bits per heavy atom. The van der Waals surface area contributed by atoms with Crippen molar-refractivity contribution in [1.29, 1.82) is 0 Å². The van der Waals surface area contributed by atoms with Crippen molar-refractivity contribution >= 4 is 5.91 Å². The fraction of sp³-hybridized carbons (Fsp3) is 0.938. The number of nitrogens with zero attached hydrogens (tertiary/aromatic N) is 2. The van der Waals surface area contributed by atoms with Crippen LogP contribution in [-0.4, -0.2) is 47.9 Å². The molecule has 0 aromatic carbocycles. The molecule has 3 heteroatoms. The molecular formula is C16H30N2O. The van der Waals surface area contributed by atoms with Gasteiger partial charge in [0.1, 0.15) is 0 Å². The first kappa shape index (κ1) is 14.8. The average Bonchev–Trinajstić information content (AvgIpc) is 2.45. The maximum Gasteiger partial charge on any atom is 0.236 e. The predicted molar refractivity (Wildman–Crippen MR) is 79.1 cm³/mol. The molecule has 1 atom stereocenters. The van der Waals surface area contributed by atoms with Crippen LogP contribution in [0.4, 0.5) is 0 Å². The molecule has 2 aliphatic rings. The van der Waals surface area contributed by atoms with Gasteiger partial charge in [0.05, 0.1) is 6.54 Å². The molecule has 1 amide bonds. The summed E-state index contributed by atoms with van der Waals surface area (Å²) in [6.45, 7) is 8.07. The summed E-state index contributed by atoms with van der Waals surface area (Å²) in [5, 5.41) is 0. The maximum absolute atomic E-state index is 12.4. The number of amides is 1. The molecule has 2 fully saturated rings. The van der Waals surface area contributed by atoms with Crippen molar-refractivity contribution in [3.05, 3.63) is 0 Å². The van der Waals surface area contributed by atoms with E-state index in [1.54, 1.807) is 0 Å². The van der Waals surface area contributed by atoms with Crippen LogP contribution in [0.2, 0.25) is 0 Å². The summed E-state index contributed by atoms with van der Waals surface area (Å²) in [4.78, 5) is 17.0. The molecule has 0 spiro atoms. The van der Waals surface area contributed by atoms with E-state index in [1.165, 1.54) is 44.9 Å². The highest BCUT2D eigenvalue weighted by Gasteiger charge is 2.26. The number of carbonyl (C=O) groups is 1. The Balaban J connectivity index is 1.84. The molecule has 1 saturated heterocycles. The monoisotopic (exact) mass is 266 g/mol. The first-order valence-corrected chi connectivity index (χ1v) is 8.22. The van der Waals surface area contributed by atoms with E-state index < -0.39 is 0 Å². The number of likely N-dealkylation sites (N-methyl/N-ethyl adjacent to an activating group) is 1. The largest absolute Gasteiger partial charge is 0.341 e. The van der Waals surface area contributed by atoms with Crippen LogP contribution in [0.5, 0.6) is 0 Å². The summed E-state index contributed by atoms with van der Waals surface area (Å²) in [6.07, 6.45) is 9.11. The van der Waals surface area contributed by atoms with E-state index in [2.05, 4.69) is 23.6 Å². The summed E-state index contributed by atoms with van der Waals surface area (Å²) in [5.41, 5.74) is 0. The van der Waals surface area contributed by atoms with Crippen LogP contribution in [-0.2, 0) is 4.79 Å². The molecule has 19 heavy (non-hydrogen) atoms. The second-order valence-corrected chi connectivity index (χ2v) is 6.44. The van der Waals surface area contributed by atoms with Gasteiger partial charge in [0, 0.05) is 19.1 Å². The highest BCUT2D eigenvalue weighted by molar-refractivity contribution is 5.78. The van der Waals surface area contributed by atoms with Crippen LogP contribution in [0, 0.1) is 5.92 Å². The topological polar surface area (TPSA) is 23.6 Å². The summed E-state index contributed by atoms with van der Waals surface area (Å²) in [6, 6.07) is 0.657. The van der Waals surface area contributed by atoms with Crippen LogP contribution >= 0.6 is 0 Å². The Hall–Kier alpha value is -0.570. The highest BCUT2D eigenvalue weighted by atomic mass is 16.2. The molecule has 0 radical (unpaired) electrons. The van der Waals surface area contributed by atoms with Gasteiger partial charge in [0.25, 0.3) is 0 Å². The van der Waals surface area contributed by atoms with Crippen molar-refractivity contribution in [2.45, 2.75) is 64.8 Å². The van der Waals surface area contributed by atoms with Gasteiger partial charge in [-0.2, -0.15) is 0 Å². The quantitative estimate of drug-likeness (QED) is 0.781. The smallest absolute Gasteiger partial charge is 0.236 e. The van der Waals surface area contributed by atoms with Gasteiger partial charge in [0.15, 0.2) is 0 Å². The first-order valence-electron chi connectivity index (χ1n) is 8.22. The van der Waals surface area contributed by atoms with E-state index in [0.29, 0.717) is 24.4 Å². The molecular weight excluding hydrogens is 236 g/mol. The Bertz CT molecular complexity index is 286. The first-order chi connectivity index (χ1) is 9.20. The van der Waals surface area contributed by atoms with Crippen molar-refractivity contribution in [3.8, 4) is 0 Å². The number of rotatable bonds is 4. The minimum Gasteiger partial charge on any atom is -0.341 e. The molecule has 0 aromatic heterocycles. The average molecular weight is 266 g/mol. The third kappa shape index (κ3) is 4.20. The zero-order chi connectivity index (χ0) is 13.7. The fourth-order valence-corrected chi connectivity index (χ4v) is 3.63. The van der Waals surface area contributed by atoms with Gasteiger partial charge in [-0.1, -0.05) is 33.1 Å². The number of piperidine rings is 1. The van der Waals surface area contributed by atoms with Crippen LogP contribution in [0.1, 0.15) is 58.8 Å². The lowest BCUT2D eigenvalue weighted by atomic mass is 9.94. The van der Waals surface area contributed by atoms with E-state index in [9.17, 15) is 4.79 Å². The SMILES string of the molecule is CCN(CC(=O)N1CCCC(C)C1)C1CCCCC1. The molecule has 0 bridgehead atoms. The molecule has 1 aliphatic carbocycles. The number of carbonyl (C=O) groups excluding carboxylic acids is 1. The molecule has 1 heterocycles. The summed E-state index contributed by atoms with van der Waals surface area (Å²) in [7, 11) is 0. The van der Waals surface area contributed by atoms with Gasteiger partial charge in [-0.05, 0) is 38.1 Å². The zero-order valence-electron chi connectivity index (χ0n) is 12.7. The summed E-state index contributed by atoms with van der Waals surface area (Å²) < 4.78 is 0. The highest BCUT2D eigenvalue weighted by Crippen LogP contribution is 2.23. The second-order valence-electron chi connectivity index (χ2n) is 6.44. The van der Waals surface area contributed by atoms with E-state index in [0.717, 1.165) is 19.6 Å². The Kier molecular flexibility index (Phi) is 5.68. The molecule has 3 nitrogen and oxygen atoms in total. The van der Waals surface area contributed by atoms with Crippen molar-refractivity contribution in [1.82, 2.24) is 9.80 Å². The van der Waals surface area contributed by atoms with Crippen LogP contribution < -0.4 is 0 Å². The zero-order valence-corrected chi connectivity index (χ0v) is 12.7. The number of hydrogen-bond acceptors (Lipinski definition) is 2. The molecule has 1 unspecified atom stereocenters. The normalized spacial score (nSPS) is 25.8. The Labute approximate surface area is 118 Å². The van der Waals surface area contributed by atoms with Crippen molar-refractivity contribution in [2.24, 2.45) is 5.92 Å². The third-order valence-corrected chi connectivity index (χ3v) is 4.85. The predicted octanol–water partition coefficient (Wildman–Crippen LogP) is 2.90. The minimum absolute atomic E-state index is 0.360. The van der Waals surface area contributed by atoms with Gasteiger partial charge in [-0.3, -0.25) is 9.69 Å². The Morgan fingerprint density at radius 2 is 1.89 bits per heavy atom. The number of hydrogen-bond donors (Lipinski definition) is 0.